The van der Waals surface area contributed by atoms with Gasteiger partial charge in [-0.05, 0) is 44.4 Å². The van der Waals surface area contributed by atoms with Gasteiger partial charge < -0.3 is 20.1 Å². The molecule has 1 unspecified atom stereocenters. The maximum absolute atomic E-state index is 12.1. The summed E-state index contributed by atoms with van der Waals surface area (Å²) in [5.41, 5.74) is 6.82. The number of benzene rings is 1. The second-order valence-corrected chi connectivity index (χ2v) is 5.40. The van der Waals surface area contributed by atoms with Gasteiger partial charge in [0.1, 0.15) is 0 Å². The van der Waals surface area contributed by atoms with Gasteiger partial charge in [0.15, 0.2) is 18.1 Å². The third-order valence-electron chi connectivity index (χ3n) is 3.71. The van der Waals surface area contributed by atoms with Crippen molar-refractivity contribution >= 4 is 5.91 Å². The lowest BCUT2D eigenvalue weighted by molar-refractivity contribution is -0.133. The Bertz CT molecular complexity index is 498. The fourth-order valence-corrected chi connectivity index (χ4v) is 2.33. The summed E-state index contributed by atoms with van der Waals surface area (Å²) in [4.78, 5) is 14.0. The van der Waals surface area contributed by atoms with Crippen molar-refractivity contribution in [3.63, 3.8) is 0 Å². The number of nitrogens with two attached hydrogens (primary N) is 1. The van der Waals surface area contributed by atoms with Gasteiger partial charge in [-0.25, -0.2) is 0 Å². The zero-order valence-corrected chi connectivity index (χ0v) is 13.0. The highest BCUT2D eigenvalue weighted by atomic mass is 16.5. The van der Waals surface area contributed by atoms with E-state index in [0.717, 1.165) is 24.9 Å². The predicted octanol–water partition coefficient (Wildman–Crippen LogP) is 2.10. The molecule has 0 radical (unpaired) electrons. The smallest absolute Gasteiger partial charge is 0.260 e. The van der Waals surface area contributed by atoms with E-state index < -0.39 is 0 Å². The minimum absolute atomic E-state index is 0.0262. The molecule has 21 heavy (non-hydrogen) atoms. The van der Waals surface area contributed by atoms with Crippen molar-refractivity contribution in [3.05, 3.63) is 23.8 Å². The third-order valence-corrected chi connectivity index (χ3v) is 3.71. The third kappa shape index (κ3) is 3.88. The lowest BCUT2D eigenvalue weighted by Crippen LogP contribution is -2.36. The van der Waals surface area contributed by atoms with E-state index in [-0.39, 0.29) is 18.6 Å². The molecule has 1 amide bonds. The largest absolute Gasteiger partial charge is 0.493 e. The van der Waals surface area contributed by atoms with Crippen molar-refractivity contribution in [3.8, 4) is 11.5 Å². The normalized spacial score (nSPS) is 15.4. The number of rotatable bonds is 7. The van der Waals surface area contributed by atoms with Crippen molar-refractivity contribution in [2.45, 2.75) is 38.8 Å². The first kappa shape index (κ1) is 15.6. The van der Waals surface area contributed by atoms with Gasteiger partial charge in [-0.3, -0.25) is 4.79 Å². The van der Waals surface area contributed by atoms with Gasteiger partial charge in [0.05, 0.1) is 7.11 Å². The van der Waals surface area contributed by atoms with Crippen LogP contribution in [0.25, 0.3) is 0 Å². The summed E-state index contributed by atoms with van der Waals surface area (Å²) in [7, 11) is 1.58. The highest BCUT2D eigenvalue weighted by molar-refractivity contribution is 5.78. The molecule has 2 rings (SSSR count). The maximum atomic E-state index is 12.1. The minimum Gasteiger partial charge on any atom is -0.493 e. The molecule has 1 aliphatic rings. The van der Waals surface area contributed by atoms with E-state index in [1.807, 2.05) is 30.9 Å². The van der Waals surface area contributed by atoms with Crippen LogP contribution in [0.4, 0.5) is 0 Å². The van der Waals surface area contributed by atoms with E-state index in [1.165, 1.54) is 0 Å². The van der Waals surface area contributed by atoms with Crippen molar-refractivity contribution in [1.82, 2.24) is 4.90 Å². The van der Waals surface area contributed by atoms with Crippen LogP contribution in [0.3, 0.4) is 0 Å². The molecule has 0 saturated heterocycles. The van der Waals surface area contributed by atoms with Crippen LogP contribution < -0.4 is 15.2 Å². The molecule has 1 aliphatic carbocycles. The van der Waals surface area contributed by atoms with E-state index in [2.05, 4.69) is 0 Å². The van der Waals surface area contributed by atoms with Crippen LogP contribution in [-0.2, 0) is 4.79 Å². The first-order valence-electron chi connectivity index (χ1n) is 7.42. The number of amides is 1. The first-order chi connectivity index (χ1) is 10.1. The zero-order valence-electron chi connectivity index (χ0n) is 13.0. The van der Waals surface area contributed by atoms with Crippen molar-refractivity contribution in [1.29, 1.82) is 0 Å². The van der Waals surface area contributed by atoms with Crippen LogP contribution in [0.15, 0.2) is 18.2 Å². The number of ether oxygens (including phenoxy) is 2. The average molecular weight is 292 g/mol. The molecular weight excluding hydrogens is 268 g/mol. The molecule has 0 bridgehead atoms. The van der Waals surface area contributed by atoms with Gasteiger partial charge in [-0.15, -0.1) is 0 Å². The second-order valence-electron chi connectivity index (χ2n) is 5.40. The Balaban J connectivity index is 2.00. The van der Waals surface area contributed by atoms with Gasteiger partial charge in [0, 0.05) is 18.6 Å². The molecule has 1 aromatic carbocycles. The topological polar surface area (TPSA) is 64.8 Å². The summed E-state index contributed by atoms with van der Waals surface area (Å²) in [5.74, 6) is 1.20. The number of nitrogens with zero attached hydrogens (tertiary/aromatic N) is 1. The molecule has 116 valence electrons. The highest BCUT2D eigenvalue weighted by Crippen LogP contribution is 2.30. The van der Waals surface area contributed by atoms with E-state index in [4.69, 9.17) is 15.2 Å². The van der Waals surface area contributed by atoms with Crippen LogP contribution in [0.2, 0.25) is 0 Å². The number of hydrogen-bond donors (Lipinski definition) is 1. The summed E-state index contributed by atoms with van der Waals surface area (Å²) in [6.45, 7) is 4.67. The summed E-state index contributed by atoms with van der Waals surface area (Å²) >= 11 is 0. The van der Waals surface area contributed by atoms with E-state index in [1.54, 1.807) is 13.2 Å². The quantitative estimate of drug-likeness (QED) is 0.836. The van der Waals surface area contributed by atoms with Gasteiger partial charge >= 0.3 is 0 Å². The maximum Gasteiger partial charge on any atom is 0.260 e. The monoisotopic (exact) mass is 292 g/mol. The van der Waals surface area contributed by atoms with Crippen LogP contribution in [0.5, 0.6) is 11.5 Å². The van der Waals surface area contributed by atoms with E-state index >= 15 is 0 Å². The van der Waals surface area contributed by atoms with Gasteiger partial charge in [-0.2, -0.15) is 0 Å². The minimum atomic E-state index is -0.0694. The second kappa shape index (κ2) is 6.80. The van der Waals surface area contributed by atoms with Crippen LogP contribution in [-0.4, -0.2) is 37.1 Å². The Labute approximate surface area is 126 Å². The molecule has 0 aliphatic heterocycles. The lowest BCUT2D eigenvalue weighted by atomic mass is 10.1. The Morgan fingerprint density at radius 2 is 2.14 bits per heavy atom. The number of carbonyl (C=O) groups excluding carboxylic acids is 1. The molecule has 1 saturated carbocycles. The van der Waals surface area contributed by atoms with E-state index in [0.29, 0.717) is 17.5 Å². The Morgan fingerprint density at radius 1 is 1.43 bits per heavy atom. The zero-order chi connectivity index (χ0) is 15.4. The number of likely N-dealkylation sites (N-methyl/N-ethyl adjacent to an activating group) is 1. The molecule has 5 heteroatoms. The van der Waals surface area contributed by atoms with Crippen molar-refractivity contribution in [2.24, 2.45) is 5.73 Å². The molecule has 0 aromatic heterocycles. The summed E-state index contributed by atoms with van der Waals surface area (Å²) in [6.07, 6.45) is 2.21. The lowest BCUT2D eigenvalue weighted by Gasteiger charge is -2.21. The molecule has 1 fully saturated rings. The summed E-state index contributed by atoms with van der Waals surface area (Å²) in [6, 6.07) is 5.89. The van der Waals surface area contributed by atoms with Gasteiger partial charge in [0.25, 0.3) is 5.91 Å². The van der Waals surface area contributed by atoms with Crippen LogP contribution in [0.1, 0.15) is 38.3 Å². The van der Waals surface area contributed by atoms with Gasteiger partial charge in [0.2, 0.25) is 0 Å². The van der Waals surface area contributed by atoms with E-state index in [9.17, 15) is 4.79 Å². The number of carbonyl (C=O) groups is 1. The highest BCUT2D eigenvalue weighted by Gasteiger charge is 2.31. The summed E-state index contributed by atoms with van der Waals surface area (Å²) < 4.78 is 10.9. The fraction of sp³-hybridized carbons (Fsp3) is 0.562. The number of methoxy groups -OCH3 is 1. The Morgan fingerprint density at radius 3 is 2.67 bits per heavy atom. The average Bonchev–Trinajstić information content (AvgIpc) is 3.30. The van der Waals surface area contributed by atoms with Gasteiger partial charge in [-0.1, -0.05) is 6.07 Å². The molecule has 1 atom stereocenters. The predicted molar refractivity (Wildman–Crippen MR) is 81.5 cm³/mol. The first-order valence-corrected chi connectivity index (χ1v) is 7.42. The molecule has 0 spiro atoms. The molecule has 0 heterocycles. The van der Waals surface area contributed by atoms with Crippen LogP contribution in [0, 0.1) is 0 Å². The van der Waals surface area contributed by atoms with Crippen LogP contribution >= 0.6 is 0 Å². The number of hydrogen-bond acceptors (Lipinski definition) is 4. The molecule has 1 aromatic rings. The molecular formula is C16H24N2O3. The Kier molecular flexibility index (Phi) is 5.07. The van der Waals surface area contributed by atoms with Crippen molar-refractivity contribution in [2.75, 3.05) is 20.3 Å². The molecule has 2 N–H and O–H groups in total. The fourth-order valence-electron chi connectivity index (χ4n) is 2.33. The standard InChI is InChI=1S/C16H24N2O3/c1-4-18(13-6-7-13)16(19)10-21-14-8-5-12(11(2)17)9-15(14)20-3/h5,8-9,11,13H,4,6-7,10,17H2,1-3H3. The Hall–Kier alpha value is -1.75. The SMILES string of the molecule is CCN(C(=O)COc1ccc(C(C)N)cc1OC)C1CC1. The summed E-state index contributed by atoms with van der Waals surface area (Å²) in [5, 5.41) is 0. The molecule has 5 nitrogen and oxygen atoms in total. The van der Waals surface area contributed by atoms with Crippen molar-refractivity contribution < 1.29 is 14.3 Å².